The lowest BCUT2D eigenvalue weighted by molar-refractivity contribution is -0.117. The summed E-state index contributed by atoms with van der Waals surface area (Å²) >= 11 is 7.35. The minimum Gasteiger partial charge on any atom is -0.467 e. The summed E-state index contributed by atoms with van der Waals surface area (Å²) in [5.74, 6) is 0.721. The Hall–Kier alpha value is -3.14. The van der Waals surface area contributed by atoms with Crippen LogP contribution in [0.1, 0.15) is 16.9 Å². The van der Waals surface area contributed by atoms with E-state index >= 15 is 0 Å². The molecule has 30 heavy (non-hydrogen) atoms. The van der Waals surface area contributed by atoms with Gasteiger partial charge < -0.3 is 15.1 Å². The second-order valence-electron chi connectivity index (χ2n) is 6.43. The predicted octanol–water partition coefficient (Wildman–Crippen LogP) is 5.64. The lowest BCUT2D eigenvalue weighted by Gasteiger charge is -2.15. The zero-order valence-corrected chi connectivity index (χ0v) is 17.9. The number of anilines is 1. The van der Waals surface area contributed by atoms with E-state index in [-0.39, 0.29) is 12.1 Å². The third-order valence-electron chi connectivity index (χ3n) is 4.26. The maximum absolute atomic E-state index is 12.7. The molecule has 0 spiro atoms. The van der Waals surface area contributed by atoms with E-state index in [0.717, 1.165) is 16.8 Å². The normalized spacial score (nSPS) is 11.4. The number of para-hydroxylation sites is 1. The summed E-state index contributed by atoms with van der Waals surface area (Å²) in [6.07, 6.45) is 1.54. The van der Waals surface area contributed by atoms with Gasteiger partial charge in [-0.25, -0.2) is 0 Å². The number of nitriles is 1. The fourth-order valence-corrected chi connectivity index (χ4v) is 3.71. The maximum Gasteiger partial charge on any atom is 0.265 e. The highest BCUT2D eigenvalue weighted by molar-refractivity contribution is 8.02. The number of hydrogen-bond donors (Lipinski definition) is 2. The molecule has 7 heteroatoms. The van der Waals surface area contributed by atoms with Crippen LogP contribution in [-0.2, 0) is 17.1 Å². The molecule has 5 nitrogen and oxygen atoms in total. The first-order valence-electron chi connectivity index (χ1n) is 9.21. The summed E-state index contributed by atoms with van der Waals surface area (Å²) in [6, 6.07) is 20.7. The molecule has 0 saturated heterocycles. The quantitative estimate of drug-likeness (QED) is 0.352. The summed E-state index contributed by atoms with van der Waals surface area (Å²) in [5.41, 5.74) is 2.89. The van der Waals surface area contributed by atoms with E-state index in [2.05, 4.69) is 10.6 Å². The molecule has 3 aromatic rings. The van der Waals surface area contributed by atoms with Gasteiger partial charge in [0, 0.05) is 16.5 Å². The Bertz CT molecular complexity index is 1070. The average Bonchev–Trinajstić information content (AvgIpc) is 3.27. The van der Waals surface area contributed by atoms with Gasteiger partial charge in [-0.15, -0.1) is 11.8 Å². The van der Waals surface area contributed by atoms with Crippen molar-refractivity contribution in [2.45, 2.75) is 19.2 Å². The molecule has 0 aliphatic heterocycles. The standard InChI is InChI=1S/C23H20ClN3O2S/c1-16-5-2-3-7-21(16)27-23(30-15-17-8-10-18(24)11-9-17)20(13-25)22(28)26-14-19-6-4-12-29-19/h2-12,27H,14-15H2,1H3,(H,26,28). The second-order valence-corrected chi connectivity index (χ2v) is 7.86. The van der Waals surface area contributed by atoms with Crippen LogP contribution in [0.5, 0.6) is 0 Å². The van der Waals surface area contributed by atoms with Gasteiger partial charge >= 0.3 is 0 Å². The van der Waals surface area contributed by atoms with E-state index in [1.807, 2.05) is 61.5 Å². The van der Waals surface area contributed by atoms with Gasteiger partial charge in [0.15, 0.2) is 0 Å². The molecule has 1 aromatic heterocycles. The zero-order chi connectivity index (χ0) is 21.3. The van der Waals surface area contributed by atoms with Crippen LogP contribution in [0.15, 0.2) is 81.9 Å². The number of thioether (sulfide) groups is 1. The molecule has 3 rings (SSSR count). The summed E-state index contributed by atoms with van der Waals surface area (Å²) in [4.78, 5) is 12.7. The average molecular weight is 438 g/mol. The van der Waals surface area contributed by atoms with E-state index in [0.29, 0.717) is 21.6 Å². The molecule has 0 saturated carbocycles. The molecule has 0 radical (unpaired) electrons. The van der Waals surface area contributed by atoms with Gasteiger partial charge in [-0.2, -0.15) is 5.26 Å². The second kappa shape index (κ2) is 10.6. The van der Waals surface area contributed by atoms with Crippen molar-refractivity contribution in [1.29, 1.82) is 5.26 Å². The van der Waals surface area contributed by atoms with Crippen LogP contribution < -0.4 is 10.6 Å². The van der Waals surface area contributed by atoms with Crippen molar-refractivity contribution in [3.63, 3.8) is 0 Å². The molecule has 0 unspecified atom stereocenters. The van der Waals surface area contributed by atoms with Gasteiger partial charge in [0.2, 0.25) is 0 Å². The van der Waals surface area contributed by atoms with Crippen LogP contribution in [0.25, 0.3) is 0 Å². The molecule has 0 aliphatic carbocycles. The van der Waals surface area contributed by atoms with Crippen LogP contribution in [0, 0.1) is 18.3 Å². The van der Waals surface area contributed by atoms with Gasteiger partial charge in [0.25, 0.3) is 5.91 Å². The topological polar surface area (TPSA) is 78.1 Å². The van der Waals surface area contributed by atoms with E-state index in [1.54, 1.807) is 12.1 Å². The molecule has 0 aliphatic rings. The van der Waals surface area contributed by atoms with Crippen LogP contribution in [0.2, 0.25) is 5.02 Å². The molecule has 152 valence electrons. The molecule has 1 heterocycles. The SMILES string of the molecule is Cc1ccccc1NC(SCc1ccc(Cl)cc1)=C(C#N)C(=O)NCc1ccco1. The first-order valence-corrected chi connectivity index (χ1v) is 10.6. The fourth-order valence-electron chi connectivity index (χ4n) is 2.62. The lowest BCUT2D eigenvalue weighted by Crippen LogP contribution is -2.25. The lowest BCUT2D eigenvalue weighted by atomic mass is 10.2. The van der Waals surface area contributed by atoms with Gasteiger partial charge in [-0.3, -0.25) is 4.79 Å². The molecule has 2 aromatic carbocycles. The van der Waals surface area contributed by atoms with Crippen LogP contribution in [0.4, 0.5) is 5.69 Å². The van der Waals surface area contributed by atoms with Crippen LogP contribution in [-0.4, -0.2) is 5.91 Å². The monoisotopic (exact) mass is 437 g/mol. The van der Waals surface area contributed by atoms with Crippen LogP contribution in [0.3, 0.4) is 0 Å². The summed E-state index contributed by atoms with van der Waals surface area (Å²) in [5, 5.41) is 16.9. The number of amides is 1. The number of hydrogen-bond acceptors (Lipinski definition) is 5. The molecule has 1 amide bonds. The molecule has 0 atom stereocenters. The highest BCUT2D eigenvalue weighted by Crippen LogP contribution is 2.28. The van der Waals surface area contributed by atoms with Crippen molar-refractivity contribution in [1.82, 2.24) is 5.32 Å². The Balaban J connectivity index is 1.84. The third kappa shape index (κ3) is 5.93. The predicted molar refractivity (Wildman–Crippen MR) is 121 cm³/mol. The van der Waals surface area contributed by atoms with E-state index in [9.17, 15) is 10.1 Å². The Kier molecular flexibility index (Phi) is 7.61. The number of halogens is 1. The summed E-state index contributed by atoms with van der Waals surface area (Å²) < 4.78 is 5.24. The largest absolute Gasteiger partial charge is 0.467 e. The zero-order valence-electron chi connectivity index (χ0n) is 16.3. The van der Waals surface area contributed by atoms with Crippen molar-refractivity contribution >= 4 is 35.0 Å². The first-order chi connectivity index (χ1) is 14.6. The van der Waals surface area contributed by atoms with Crippen molar-refractivity contribution in [2.24, 2.45) is 0 Å². The molecule has 2 N–H and O–H groups in total. The number of aryl methyl sites for hydroxylation is 1. The maximum atomic E-state index is 12.7. The van der Waals surface area contributed by atoms with Gasteiger partial charge in [-0.1, -0.05) is 41.9 Å². The highest BCUT2D eigenvalue weighted by Gasteiger charge is 2.17. The highest BCUT2D eigenvalue weighted by atomic mass is 35.5. The number of rotatable bonds is 8. The number of carbonyl (C=O) groups is 1. The van der Waals surface area contributed by atoms with Crippen molar-refractivity contribution in [3.8, 4) is 6.07 Å². The molecule has 0 bridgehead atoms. The third-order valence-corrected chi connectivity index (χ3v) is 5.58. The smallest absolute Gasteiger partial charge is 0.265 e. The molecular formula is C23H20ClN3O2S. The van der Waals surface area contributed by atoms with Gasteiger partial charge in [-0.05, 0) is 48.4 Å². The van der Waals surface area contributed by atoms with Gasteiger partial charge in [0.1, 0.15) is 17.4 Å². The van der Waals surface area contributed by atoms with E-state index < -0.39 is 5.91 Å². The fraction of sp³-hybridized carbons (Fsp3) is 0.130. The van der Waals surface area contributed by atoms with E-state index in [1.165, 1.54) is 18.0 Å². The Morgan fingerprint density at radius 3 is 2.57 bits per heavy atom. The number of carbonyl (C=O) groups excluding carboxylic acids is 1. The van der Waals surface area contributed by atoms with Crippen molar-refractivity contribution in [2.75, 3.05) is 5.32 Å². The molecular weight excluding hydrogens is 418 g/mol. The van der Waals surface area contributed by atoms with Crippen molar-refractivity contribution in [3.05, 3.63) is 99.4 Å². The number of nitrogens with zero attached hydrogens (tertiary/aromatic N) is 1. The summed E-state index contributed by atoms with van der Waals surface area (Å²) in [7, 11) is 0. The first kappa shape index (κ1) is 21.6. The Labute approximate surface area is 184 Å². The number of furan rings is 1. The minimum absolute atomic E-state index is 0.0174. The van der Waals surface area contributed by atoms with Gasteiger partial charge in [0.05, 0.1) is 17.8 Å². The van der Waals surface area contributed by atoms with E-state index in [4.69, 9.17) is 16.0 Å². The number of benzene rings is 2. The minimum atomic E-state index is -0.464. The Morgan fingerprint density at radius 2 is 1.90 bits per heavy atom. The summed E-state index contributed by atoms with van der Waals surface area (Å²) in [6.45, 7) is 2.17. The molecule has 0 fully saturated rings. The Morgan fingerprint density at radius 1 is 1.13 bits per heavy atom. The van der Waals surface area contributed by atoms with Crippen LogP contribution >= 0.6 is 23.4 Å². The van der Waals surface area contributed by atoms with Crippen molar-refractivity contribution < 1.29 is 9.21 Å². The number of nitrogens with one attached hydrogen (secondary N) is 2.